The highest BCUT2D eigenvalue weighted by atomic mass is 32.2. The van der Waals surface area contributed by atoms with E-state index in [0.29, 0.717) is 47.1 Å². The maximum absolute atomic E-state index is 12.9. The molecule has 1 N–H and O–H groups in total. The van der Waals surface area contributed by atoms with Gasteiger partial charge in [-0.2, -0.15) is 0 Å². The molecule has 190 valence electrons. The van der Waals surface area contributed by atoms with Gasteiger partial charge in [-0.25, -0.2) is 0 Å². The Morgan fingerprint density at radius 3 is 2.72 bits per heavy atom. The van der Waals surface area contributed by atoms with E-state index < -0.39 is 29.4 Å². The number of carbonyl (C=O) groups is 2. The molecule has 1 spiro atoms. The lowest BCUT2D eigenvalue weighted by Gasteiger charge is -2.48. The number of phenols is 1. The van der Waals surface area contributed by atoms with Gasteiger partial charge in [0.05, 0.1) is 30.4 Å². The Bertz CT molecular complexity index is 1380. The monoisotopic (exact) mass is 514 g/mol. The van der Waals surface area contributed by atoms with E-state index in [4.69, 9.17) is 28.4 Å². The lowest BCUT2D eigenvalue weighted by atomic mass is 9.78. The highest BCUT2D eigenvalue weighted by molar-refractivity contribution is 8.13. The second kappa shape index (κ2) is 7.14. The van der Waals surface area contributed by atoms with Gasteiger partial charge in [-0.3, -0.25) is 9.59 Å². The number of ether oxygens (including phenoxy) is 6. The zero-order valence-corrected chi connectivity index (χ0v) is 21.2. The Balaban J connectivity index is 1.50. The van der Waals surface area contributed by atoms with Crippen molar-refractivity contribution in [1.29, 1.82) is 0 Å². The molecule has 4 heterocycles. The number of aromatic hydroxyl groups is 1. The van der Waals surface area contributed by atoms with Crippen LogP contribution in [0.5, 0.6) is 17.2 Å². The highest BCUT2D eigenvalue weighted by Gasteiger charge is 2.91. The van der Waals surface area contributed by atoms with Crippen molar-refractivity contribution in [3.05, 3.63) is 28.3 Å². The minimum atomic E-state index is -1.36. The summed E-state index contributed by atoms with van der Waals surface area (Å²) in [5.41, 5.74) is 1.51. The average molecular weight is 515 g/mol. The van der Waals surface area contributed by atoms with Crippen LogP contribution in [0.4, 0.5) is 0 Å². The van der Waals surface area contributed by atoms with Crippen LogP contribution < -0.4 is 9.47 Å². The van der Waals surface area contributed by atoms with Crippen molar-refractivity contribution in [2.24, 2.45) is 0 Å². The molecule has 0 saturated carbocycles. The summed E-state index contributed by atoms with van der Waals surface area (Å²) in [6.07, 6.45) is 0.472. The van der Waals surface area contributed by atoms with Gasteiger partial charge in [0.15, 0.2) is 17.0 Å². The highest BCUT2D eigenvalue weighted by Crippen LogP contribution is 2.71. The summed E-state index contributed by atoms with van der Waals surface area (Å²) in [6.45, 7) is 3.71. The van der Waals surface area contributed by atoms with E-state index in [9.17, 15) is 14.7 Å². The van der Waals surface area contributed by atoms with Gasteiger partial charge in [-0.1, -0.05) is 11.8 Å². The van der Waals surface area contributed by atoms with E-state index in [1.807, 2.05) is 13.0 Å². The van der Waals surface area contributed by atoms with Crippen molar-refractivity contribution >= 4 is 33.4 Å². The summed E-state index contributed by atoms with van der Waals surface area (Å²) < 4.78 is 37.6. The number of methoxy groups -OCH3 is 2. The predicted octanol–water partition coefficient (Wildman–Crippen LogP) is 3.33. The van der Waals surface area contributed by atoms with E-state index in [1.165, 1.54) is 14.0 Å². The van der Waals surface area contributed by atoms with Crippen LogP contribution in [0.1, 0.15) is 52.9 Å². The number of rotatable bonds is 4. The molecule has 0 aromatic heterocycles. The molecular weight excluding hydrogens is 488 g/mol. The first-order valence-corrected chi connectivity index (χ1v) is 13.0. The van der Waals surface area contributed by atoms with Crippen molar-refractivity contribution in [2.75, 3.05) is 26.6 Å². The summed E-state index contributed by atoms with van der Waals surface area (Å²) in [6, 6.07) is 1.94. The van der Waals surface area contributed by atoms with E-state index in [0.717, 1.165) is 22.9 Å². The molecule has 2 aromatic rings. The molecule has 5 aliphatic rings. The third-order valence-electron chi connectivity index (χ3n) is 8.34. The Morgan fingerprint density at radius 2 is 2.06 bits per heavy atom. The second-order valence-corrected chi connectivity index (χ2v) is 11.2. The first-order valence-electron chi connectivity index (χ1n) is 12.0. The first kappa shape index (κ1) is 22.8. The molecule has 36 heavy (non-hydrogen) atoms. The molecule has 9 nitrogen and oxygen atoms in total. The van der Waals surface area contributed by atoms with Gasteiger partial charge >= 0.3 is 0 Å². The SMILES string of the molecule is COc1c2c(c(O)c3c4c(c(C)cc13)C1OC3(CSC(C)=O)OC1[C@@](OC)(O4)[C@@]31CO1)C(=O)CCC2. The molecule has 5 atom stereocenters. The molecule has 0 radical (unpaired) electrons. The zero-order chi connectivity index (χ0) is 25.2. The average Bonchev–Trinajstić information content (AvgIpc) is 3.51. The van der Waals surface area contributed by atoms with E-state index in [-0.39, 0.29) is 34.6 Å². The molecule has 3 unspecified atom stereocenters. The van der Waals surface area contributed by atoms with Crippen LogP contribution in [0.2, 0.25) is 0 Å². The molecule has 4 aliphatic heterocycles. The fourth-order valence-electron chi connectivity index (χ4n) is 6.77. The van der Waals surface area contributed by atoms with Crippen LogP contribution in [-0.4, -0.2) is 65.9 Å². The number of carbonyl (C=O) groups excluding carboxylic acids is 2. The Hall–Kier alpha value is -2.37. The van der Waals surface area contributed by atoms with Gasteiger partial charge in [0, 0.05) is 37.0 Å². The molecule has 1 aliphatic carbocycles. The predicted molar refractivity (Wildman–Crippen MR) is 128 cm³/mol. The molecule has 3 saturated heterocycles. The maximum atomic E-state index is 12.9. The molecular formula is C26H26O9S. The quantitative estimate of drug-likeness (QED) is 0.610. The standard InChI is InChI=1S/C26H26O9S/c1-11-8-14-18(19(29)17-13(20(14)30-3)6-5-7-15(17)28)21-16(11)22-23-26(31-4,34-21)24(9-32-24)25(33-22,35-23)10-36-12(2)27/h8,22-23,29H,5-7,9-10H2,1-4H3/t22?,23?,24-,25?,26-/m1/s1. The number of thioether (sulfide) groups is 1. The van der Waals surface area contributed by atoms with Crippen molar-refractivity contribution in [1.82, 2.24) is 0 Å². The number of ketones is 1. The largest absolute Gasteiger partial charge is 0.506 e. The molecule has 3 fully saturated rings. The van der Waals surface area contributed by atoms with Gasteiger partial charge < -0.3 is 33.5 Å². The fourth-order valence-corrected chi connectivity index (χ4v) is 7.53. The topological polar surface area (TPSA) is 113 Å². The molecule has 2 aromatic carbocycles. The summed E-state index contributed by atoms with van der Waals surface area (Å²) in [4.78, 5) is 24.8. The molecule has 2 bridgehead atoms. The lowest BCUT2D eigenvalue weighted by Crippen LogP contribution is -2.67. The van der Waals surface area contributed by atoms with E-state index in [1.54, 1.807) is 7.11 Å². The van der Waals surface area contributed by atoms with Gasteiger partial charge in [-0.15, -0.1) is 0 Å². The van der Waals surface area contributed by atoms with Crippen LogP contribution in [0.3, 0.4) is 0 Å². The molecule has 7 rings (SSSR count). The number of hydrogen-bond acceptors (Lipinski definition) is 10. The smallest absolute Gasteiger partial charge is 0.276 e. The normalized spacial score (nSPS) is 35.1. The van der Waals surface area contributed by atoms with Crippen LogP contribution in [0, 0.1) is 6.92 Å². The molecule has 0 amide bonds. The van der Waals surface area contributed by atoms with Crippen molar-refractivity contribution in [3.63, 3.8) is 0 Å². The van der Waals surface area contributed by atoms with Gasteiger partial charge in [0.2, 0.25) is 11.4 Å². The van der Waals surface area contributed by atoms with E-state index >= 15 is 0 Å². The second-order valence-electron chi connectivity index (χ2n) is 10.1. The summed E-state index contributed by atoms with van der Waals surface area (Å²) in [5, 5.41) is 12.5. The van der Waals surface area contributed by atoms with Crippen LogP contribution in [0.15, 0.2) is 6.07 Å². The number of Topliss-reactive ketones (excluding diaryl/α,β-unsaturated/α-hetero) is 1. The van der Waals surface area contributed by atoms with Gasteiger partial charge in [0.1, 0.15) is 23.4 Å². The van der Waals surface area contributed by atoms with Crippen LogP contribution in [-0.2, 0) is 30.2 Å². The number of aryl methyl sites for hydroxylation is 1. The fraction of sp³-hybridized carbons (Fsp3) is 0.538. The number of fused-ring (bicyclic) bond motifs is 8. The van der Waals surface area contributed by atoms with Gasteiger partial charge in [0.25, 0.3) is 5.79 Å². The summed E-state index contributed by atoms with van der Waals surface area (Å²) in [7, 11) is 3.10. The zero-order valence-electron chi connectivity index (χ0n) is 20.4. The van der Waals surface area contributed by atoms with Crippen LogP contribution in [0.25, 0.3) is 10.8 Å². The van der Waals surface area contributed by atoms with Crippen LogP contribution >= 0.6 is 11.8 Å². The minimum absolute atomic E-state index is 0.0608. The molecule has 10 heteroatoms. The number of benzene rings is 2. The van der Waals surface area contributed by atoms with Gasteiger partial charge in [-0.05, 0) is 31.4 Å². The minimum Gasteiger partial charge on any atom is -0.506 e. The lowest BCUT2D eigenvalue weighted by molar-refractivity contribution is -0.283. The van der Waals surface area contributed by atoms with E-state index in [2.05, 4.69) is 0 Å². The number of epoxide rings is 1. The van der Waals surface area contributed by atoms with Crippen molar-refractivity contribution in [2.45, 2.75) is 62.5 Å². The third-order valence-corrected chi connectivity index (χ3v) is 9.27. The summed E-state index contributed by atoms with van der Waals surface area (Å²) >= 11 is 1.11. The Labute approximate surface area is 211 Å². The van der Waals surface area contributed by atoms with Crippen molar-refractivity contribution < 1.29 is 43.1 Å². The number of hydrogen-bond donors (Lipinski definition) is 1. The van der Waals surface area contributed by atoms with Crippen molar-refractivity contribution in [3.8, 4) is 17.2 Å². The summed E-state index contributed by atoms with van der Waals surface area (Å²) in [5.74, 6) is -1.65. The Kier molecular flexibility index (Phi) is 4.52. The first-order chi connectivity index (χ1) is 17.2. The maximum Gasteiger partial charge on any atom is 0.276 e. The Morgan fingerprint density at radius 1 is 1.28 bits per heavy atom. The third kappa shape index (κ3) is 2.42. The number of phenolic OH excluding ortho intramolecular Hbond substituents is 1.